The molecule has 64 heavy (non-hydrogen) atoms. The van der Waals surface area contributed by atoms with E-state index in [2.05, 4.69) is 213 Å². The van der Waals surface area contributed by atoms with Crippen molar-refractivity contribution in [2.75, 3.05) is 0 Å². The number of benzene rings is 9. The molecule has 0 amide bonds. The molecule has 11 rings (SSSR count). The van der Waals surface area contributed by atoms with Gasteiger partial charge in [0.1, 0.15) is 0 Å². The molecule has 2 heterocycles. The third kappa shape index (κ3) is 6.93. The van der Waals surface area contributed by atoms with Crippen LogP contribution in [0.1, 0.15) is 11.1 Å². The van der Waals surface area contributed by atoms with Gasteiger partial charge in [-0.15, -0.1) is 0 Å². The second kappa shape index (κ2) is 16.6. The van der Waals surface area contributed by atoms with Crippen molar-refractivity contribution in [3.8, 4) is 51.0 Å². The van der Waals surface area contributed by atoms with E-state index >= 15 is 0 Å². The maximum atomic E-state index is 5.35. The Labute approximate surface area is 376 Å². The zero-order valence-electron chi connectivity index (χ0n) is 35.7. The van der Waals surface area contributed by atoms with E-state index in [-0.39, 0.29) is 0 Å². The maximum absolute atomic E-state index is 5.35. The summed E-state index contributed by atoms with van der Waals surface area (Å²) in [4.78, 5) is 15.8. The van der Waals surface area contributed by atoms with Gasteiger partial charge >= 0.3 is 365 Å². The van der Waals surface area contributed by atoms with E-state index in [0.29, 0.717) is 17.5 Å². The van der Waals surface area contributed by atoms with Crippen LogP contribution in [0.4, 0.5) is 0 Å². The van der Waals surface area contributed by atoms with Gasteiger partial charge in [-0.25, -0.2) is 0 Å². The van der Waals surface area contributed by atoms with E-state index in [1.165, 1.54) is 39.5 Å². The van der Waals surface area contributed by atoms with Gasteiger partial charge in [0, 0.05) is 0 Å². The van der Waals surface area contributed by atoms with Gasteiger partial charge in [0.2, 0.25) is 0 Å². The summed E-state index contributed by atoms with van der Waals surface area (Å²) in [6, 6.07) is 83.7. The van der Waals surface area contributed by atoms with Gasteiger partial charge in [-0.2, -0.15) is 0 Å². The topological polar surface area (TPSA) is 43.6 Å². The molecule has 0 spiro atoms. The molecule has 0 aliphatic rings. The van der Waals surface area contributed by atoms with Crippen LogP contribution in [0.15, 0.2) is 231 Å². The van der Waals surface area contributed by atoms with E-state index in [9.17, 15) is 0 Å². The van der Waals surface area contributed by atoms with Crippen molar-refractivity contribution in [1.82, 2.24) is 19.5 Å². The zero-order valence-corrected chi connectivity index (χ0v) is 37.8. The molecule has 0 aliphatic carbocycles. The summed E-state index contributed by atoms with van der Waals surface area (Å²) < 4.78 is 7.87. The Morgan fingerprint density at radius 2 is 0.750 bits per heavy atom. The van der Waals surface area contributed by atoms with Crippen LogP contribution in [0, 0.1) is 13.8 Å². The van der Waals surface area contributed by atoms with Gasteiger partial charge in [-0.1, -0.05) is 0 Å². The first-order valence-electron chi connectivity index (χ1n) is 21.9. The molecule has 0 aliphatic heterocycles. The van der Waals surface area contributed by atoms with E-state index in [1.54, 1.807) is 0 Å². The Hall–Kier alpha value is -7.67. The SMILES string of the molecule is Cc1ccc2c(c1)c1cc(C)ccc1n2-c1ccc(-c2ccc[c]([Ge]([c]3ccccc3)([c]3ccccc3)[c]3ccccc3)c2)c(-c2nc(-c3ccccc3)nc(-c3ccccc3)n2)c1. The minimum atomic E-state index is -3.61. The summed E-state index contributed by atoms with van der Waals surface area (Å²) in [5, 5.41) is 2.47. The molecule has 0 bridgehead atoms. The summed E-state index contributed by atoms with van der Waals surface area (Å²) in [5.41, 5.74) is 10.8. The molecule has 0 radical (unpaired) electrons. The number of hydrogen-bond acceptors (Lipinski definition) is 3. The Morgan fingerprint density at radius 3 is 1.23 bits per heavy atom. The summed E-state index contributed by atoms with van der Waals surface area (Å²) in [6.45, 7) is 4.33. The molecule has 0 saturated carbocycles. The van der Waals surface area contributed by atoms with Crippen LogP contribution in [0.3, 0.4) is 0 Å². The van der Waals surface area contributed by atoms with Crippen LogP contribution in [0.2, 0.25) is 0 Å². The zero-order chi connectivity index (χ0) is 43.0. The van der Waals surface area contributed by atoms with Crippen molar-refractivity contribution in [3.63, 3.8) is 0 Å². The first-order chi connectivity index (χ1) is 31.5. The summed E-state index contributed by atoms with van der Waals surface area (Å²) >= 11 is -3.61. The monoisotopic (exact) mass is 882 g/mol. The molecule has 2 aromatic heterocycles. The van der Waals surface area contributed by atoms with E-state index in [4.69, 9.17) is 15.0 Å². The van der Waals surface area contributed by atoms with E-state index in [0.717, 1.165) is 44.5 Å². The van der Waals surface area contributed by atoms with Crippen molar-refractivity contribution in [2.45, 2.75) is 13.8 Å². The first-order valence-corrected chi connectivity index (χ1v) is 26.0. The molecule has 0 saturated heterocycles. The number of hydrogen-bond donors (Lipinski definition) is 0. The average Bonchev–Trinajstić information content (AvgIpc) is 3.68. The van der Waals surface area contributed by atoms with Crippen LogP contribution in [-0.2, 0) is 0 Å². The van der Waals surface area contributed by atoms with Crippen molar-refractivity contribution in [2.24, 2.45) is 0 Å². The fourth-order valence-electron chi connectivity index (χ4n) is 9.55. The second-order valence-corrected chi connectivity index (χ2v) is 24.6. The van der Waals surface area contributed by atoms with E-state index in [1.807, 2.05) is 36.4 Å². The molecule has 0 fully saturated rings. The standard InChI is InChI=1S/C59H44GeN4/c1-41-31-35-55-52(37-41)53-38-42(2)32-36-56(53)64(55)50-33-34-51(54(40-50)59-62-57(43-19-8-3-9-20-43)61-58(63-59)44-21-10-4-11-22-44)45-23-18-30-49(39-45)60(46-24-12-5-13-25-46,47-26-14-6-15-27-47)48-28-16-7-17-29-48/h3-40H,1-2H3. The number of aromatic nitrogens is 4. The summed E-state index contributed by atoms with van der Waals surface area (Å²) in [7, 11) is 0. The number of rotatable bonds is 9. The molecule has 4 nitrogen and oxygen atoms in total. The first kappa shape index (κ1) is 39.2. The van der Waals surface area contributed by atoms with Crippen LogP contribution >= 0.6 is 0 Å². The molecule has 0 unspecified atom stereocenters. The normalized spacial score (nSPS) is 11.6. The fraction of sp³-hybridized carbons (Fsp3) is 0.0339. The van der Waals surface area contributed by atoms with Gasteiger partial charge in [-0.3, -0.25) is 0 Å². The van der Waals surface area contributed by atoms with Gasteiger partial charge in [-0.05, 0) is 13.8 Å². The molecule has 11 aromatic rings. The van der Waals surface area contributed by atoms with Gasteiger partial charge in [0.05, 0.1) is 0 Å². The van der Waals surface area contributed by atoms with Gasteiger partial charge < -0.3 is 0 Å². The van der Waals surface area contributed by atoms with E-state index < -0.39 is 13.3 Å². The van der Waals surface area contributed by atoms with Gasteiger partial charge in [0.15, 0.2) is 0 Å². The Morgan fingerprint density at radius 1 is 0.328 bits per heavy atom. The van der Waals surface area contributed by atoms with Crippen molar-refractivity contribution in [1.29, 1.82) is 0 Å². The van der Waals surface area contributed by atoms with Crippen LogP contribution < -0.4 is 17.6 Å². The van der Waals surface area contributed by atoms with Crippen LogP contribution in [-0.4, -0.2) is 32.8 Å². The summed E-state index contributed by atoms with van der Waals surface area (Å²) in [6.07, 6.45) is 0. The number of aryl methyl sites for hydroxylation is 2. The van der Waals surface area contributed by atoms with Crippen LogP contribution in [0.25, 0.3) is 72.8 Å². The third-order valence-electron chi connectivity index (χ3n) is 12.5. The Balaban J connectivity index is 1.21. The molecular weight excluding hydrogens is 837 g/mol. The van der Waals surface area contributed by atoms with Gasteiger partial charge in [0.25, 0.3) is 0 Å². The molecule has 304 valence electrons. The second-order valence-electron chi connectivity index (χ2n) is 16.6. The Kier molecular flexibility index (Phi) is 10.1. The average molecular weight is 882 g/mol. The Bertz CT molecular complexity index is 3230. The van der Waals surface area contributed by atoms with Crippen molar-refractivity contribution in [3.05, 3.63) is 242 Å². The molecule has 0 N–H and O–H groups in total. The molecule has 0 atom stereocenters. The molecule has 9 aromatic carbocycles. The molecular formula is C59H44GeN4. The van der Waals surface area contributed by atoms with Crippen LogP contribution in [0.5, 0.6) is 0 Å². The van der Waals surface area contributed by atoms with Crippen molar-refractivity contribution < 1.29 is 0 Å². The number of nitrogens with zero attached hydrogens (tertiary/aromatic N) is 4. The quantitative estimate of drug-likeness (QED) is 0.136. The summed E-state index contributed by atoms with van der Waals surface area (Å²) in [5.74, 6) is 1.87. The van der Waals surface area contributed by atoms with Crippen molar-refractivity contribution >= 4 is 52.7 Å². The predicted molar refractivity (Wildman–Crippen MR) is 269 cm³/mol. The molecule has 5 heteroatoms. The fourth-order valence-corrected chi connectivity index (χ4v) is 19.6. The number of fused-ring (bicyclic) bond motifs is 3. The minimum absolute atomic E-state index is 0.615. The predicted octanol–water partition coefficient (Wildman–Crippen LogP) is 11.6. The third-order valence-corrected chi connectivity index (χ3v) is 22.5.